The van der Waals surface area contributed by atoms with E-state index in [4.69, 9.17) is 4.74 Å². The summed E-state index contributed by atoms with van der Waals surface area (Å²) in [7, 11) is 0. The Labute approximate surface area is 227 Å². The van der Waals surface area contributed by atoms with Gasteiger partial charge in [-0.2, -0.15) is 43.9 Å². The predicted molar refractivity (Wildman–Crippen MR) is 124 cm³/mol. The van der Waals surface area contributed by atoms with Gasteiger partial charge in [0.1, 0.15) is 5.75 Å². The number of aliphatic hydroxyl groups is 1. The first kappa shape index (κ1) is 31.6. The van der Waals surface area contributed by atoms with Crippen molar-refractivity contribution in [1.82, 2.24) is 5.32 Å². The summed E-state index contributed by atoms with van der Waals surface area (Å²) in [6, 6.07) is 9.40. The quantitative estimate of drug-likeness (QED) is 0.229. The molecule has 0 aliphatic rings. The summed E-state index contributed by atoms with van der Waals surface area (Å²) in [5.41, 5.74) is -2.26. The number of nitrogens with one attached hydrogen (secondary N) is 1. The lowest BCUT2D eigenvalue weighted by molar-refractivity contribution is -0.359. The van der Waals surface area contributed by atoms with Crippen molar-refractivity contribution >= 4 is 15.9 Å². The van der Waals surface area contributed by atoms with Gasteiger partial charge >= 0.3 is 24.2 Å². The van der Waals surface area contributed by atoms with Gasteiger partial charge in [0.2, 0.25) is 0 Å². The number of benzene rings is 3. The van der Waals surface area contributed by atoms with Crippen LogP contribution in [-0.4, -0.2) is 36.0 Å². The highest BCUT2D eigenvalue weighted by molar-refractivity contribution is 9.10. The highest BCUT2D eigenvalue weighted by atomic mass is 79.9. The van der Waals surface area contributed by atoms with Crippen molar-refractivity contribution in [3.05, 3.63) is 93.7 Å². The number of ether oxygens (including phenoxy) is 1. The molecule has 0 spiro atoms. The maximum Gasteiger partial charge on any atom is 0.460 e. The number of aliphatic hydroxyl groups excluding tert-OH is 1. The third-order valence-electron chi connectivity index (χ3n) is 5.54. The zero-order chi connectivity index (χ0) is 30.1. The smallest absolute Gasteiger partial charge is 0.454 e. The van der Waals surface area contributed by atoms with Crippen LogP contribution < -0.4 is 10.1 Å². The molecule has 0 fully saturated rings. The first-order chi connectivity index (χ1) is 18.3. The second-order valence-corrected chi connectivity index (χ2v) is 9.34. The molecule has 0 saturated heterocycles. The fraction of sp³-hybridized carbons (Fsp3) is 0.280. The average molecular weight is 652 g/mol. The van der Waals surface area contributed by atoms with Gasteiger partial charge in [-0.15, -0.1) is 0 Å². The number of rotatable bonds is 9. The Morgan fingerprint density at radius 2 is 1.40 bits per heavy atom. The Hall–Kier alpha value is -2.91. The normalized spacial score (nSPS) is 14.6. The monoisotopic (exact) mass is 651 g/mol. The molecule has 3 aromatic rings. The highest BCUT2D eigenvalue weighted by Crippen LogP contribution is 2.52. The maximum absolute atomic E-state index is 14.4. The molecule has 2 unspecified atom stereocenters. The summed E-state index contributed by atoms with van der Waals surface area (Å²) in [6.07, 6.45) is -14.7. The fourth-order valence-electron chi connectivity index (χ4n) is 3.49. The Kier molecular flexibility index (Phi) is 9.11. The van der Waals surface area contributed by atoms with Gasteiger partial charge in [0.05, 0.1) is 6.04 Å². The van der Waals surface area contributed by atoms with Gasteiger partial charge in [-0.1, -0.05) is 46.3 Å². The van der Waals surface area contributed by atoms with Crippen molar-refractivity contribution in [3.8, 4) is 11.5 Å². The lowest BCUT2D eigenvalue weighted by Crippen LogP contribution is -2.50. The summed E-state index contributed by atoms with van der Waals surface area (Å²) < 4.78 is 153. The van der Waals surface area contributed by atoms with Crippen LogP contribution in [0.4, 0.5) is 48.3 Å². The van der Waals surface area contributed by atoms with E-state index >= 15 is 0 Å². The van der Waals surface area contributed by atoms with Gasteiger partial charge < -0.3 is 15.2 Å². The largest absolute Gasteiger partial charge is 0.460 e. The zero-order valence-corrected chi connectivity index (χ0v) is 21.2. The molecule has 0 aliphatic carbocycles. The van der Waals surface area contributed by atoms with E-state index in [1.165, 1.54) is 30.3 Å². The van der Waals surface area contributed by atoms with Crippen molar-refractivity contribution < 1.29 is 58.1 Å². The van der Waals surface area contributed by atoms with E-state index in [0.29, 0.717) is 10.5 Å². The SMILES string of the molecule is OC(CNC(c1cccc(Oc2cc(Br)ccc2F)c1)c1cccc(C(F)(F)C(F)(F)C(F)(F)F)c1)C(F)(F)F. The summed E-state index contributed by atoms with van der Waals surface area (Å²) in [5.74, 6) is -13.4. The molecule has 2 N–H and O–H groups in total. The van der Waals surface area contributed by atoms with Crippen LogP contribution in [0.5, 0.6) is 11.5 Å². The van der Waals surface area contributed by atoms with Crippen molar-refractivity contribution in [2.45, 2.75) is 36.3 Å². The van der Waals surface area contributed by atoms with Gasteiger partial charge in [-0.05, 0) is 47.5 Å². The van der Waals surface area contributed by atoms with Crippen LogP contribution in [0.1, 0.15) is 22.7 Å². The van der Waals surface area contributed by atoms with Crippen molar-refractivity contribution in [2.75, 3.05) is 6.54 Å². The fourth-order valence-corrected chi connectivity index (χ4v) is 3.83. The molecule has 15 heteroatoms. The minimum atomic E-state index is -6.62. The molecule has 0 aromatic heterocycles. The Balaban J connectivity index is 2.06. The molecule has 40 heavy (non-hydrogen) atoms. The van der Waals surface area contributed by atoms with Crippen LogP contribution >= 0.6 is 15.9 Å². The first-order valence-corrected chi connectivity index (χ1v) is 11.8. The molecule has 0 bridgehead atoms. The predicted octanol–water partition coefficient (Wildman–Crippen LogP) is 8.27. The van der Waals surface area contributed by atoms with Crippen LogP contribution in [0, 0.1) is 5.82 Å². The van der Waals surface area contributed by atoms with Gasteiger partial charge in [0.25, 0.3) is 0 Å². The molecule has 3 aromatic carbocycles. The minimum Gasteiger partial charge on any atom is -0.454 e. The number of hydrogen-bond donors (Lipinski definition) is 2. The zero-order valence-electron chi connectivity index (χ0n) is 19.6. The highest BCUT2D eigenvalue weighted by Gasteiger charge is 2.73. The number of hydrogen-bond acceptors (Lipinski definition) is 3. The second kappa shape index (κ2) is 11.5. The summed E-state index contributed by atoms with van der Waals surface area (Å²) in [4.78, 5) is 0. The average Bonchev–Trinajstić information content (AvgIpc) is 2.85. The van der Waals surface area contributed by atoms with Crippen LogP contribution in [-0.2, 0) is 5.92 Å². The summed E-state index contributed by atoms with van der Waals surface area (Å²) in [5, 5.41) is 11.7. The van der Waals surface area contributed by atoms with Gasteiger partial charge in [-0.3, -0.25) is 0 Å². The third kappa shape index (κ3) is 6.86. The third-order valence-corrected chi connectivity index (χ3v) is 6.03. The number of halogens is 12. The lowest BCUT2D eigenvalue weighted by atomic mass is 9.93. The standard InChI is InChI=1S/C25H17BrF11NO2/c26-16-7-8-18(27)19(11-16)40-17-6-2-4-14(10-17)21(38-12-20(39)23(30,31)32)13-3-1-5-15(9-13)22(28,29)24(33,34)25(35,36)37/h1-11,20-21,38-39H,12H2. The van der Waals surface area contributed by atoms with E-state index in [9.17, 15) is 53.4 Å². The first-order valence-electron chi connectivity index (χ1n) is 11.0. The van der Waals surface area contributed by atoms with Crippen molar-refractivity contribution in [3.63, 3.8) is 0 Å². The molecule has 3 nitrogen and oxygen atoms in total. The molecule has 3 rings (SSSR count). The van der Waals surface area contributed by atoms with Crippen LogP contribution in [0.3, 0.4) is 0 Å². The molecule has 0 amide bonds. The van der Waals surface area contributed by atoms with Crippen molar-refractivity contribution in [1.29, 1.82) is 0 Å². The molecule has 0 saturated carbocycles. The van der Waals surface area contributed by atoms with Crippen LogP contribution in [0.15, 0.2) is 71.2 Å². The Bertz CT molecular complexity index is 1330. The van der Waals surface area contributed by atoms with Crippen LogP contribution in [0.2, 0.25) is 0 Å². The van der Waals surface area contributed by atoms with Gasteiger partial charge in [-0.25, -0.2) is 4.39 Å². The summed E-state index contributed by atoms with van der Waals surface area (Å²) >= 11 is 3.12. The molecule has 2 atom stereocenters. The molecule has 218 valence electrons. The maximum atomic E-state index is 14.4. The molecular weight excluding hydrogens is 635 g/mol. The molecule has 0 aliphatic heterocycles. The topological polar surface area (TPSA) is 41.5 Å². The van der Waals surface area contributed by atoms with Crippen LogP contribution in [0.25, 0.3) is 0 Å². The van der Waals surface area contributed by atoms with E-state index in [2.05, 4.69) is 21.2 Å². The number of alkyl halides is 10. The Morgan fingerprint density at radius 3 is 2.00 bits per heavy atom. The summed E-state index contributed by atoms with van der Waals surface area (Å²) in [6.45, 7) is -1.22. The molecular formula is C25H17BrF11NO2. The molecule has 0 radical (unpaired) electrons. The van der Waals surface area contributed by atoms with E-state index in [1.54, 1.807) is 0 Å². The Morgan fingerprint density at radius 1 is 0.800 bits per heavy atom. The van der Waals surface area contributed by atoms with E-state index in [0.717, 1.165) is 24.3 Å². The van der Waals surface area contributed by atoms with Crippen molar-refractivity contribution in [2.24, 2.45) is 0 Å². The van der Waals surface area contributed by atoms with Gasteiger partial charge in [0.15, 0.2) is 17.7 Å². The minimum absolute atomic E-state index is 0.0506. The second-order valence-electron chi connectivity index (χ2n) is 8.42. The van der Waals surface area contributed by atoms with Gasteiger partial charge in [0, 0.05) is 16.6 Å². The van der Waals surface area contributed by atoms with E-state index in [1.807, 2.05) is 0 Å². The lowest BCUT2D eigenvalue weighted by Gasteiger charge is -2.29. The van der Waals surface area contributed by atoms with E-state index < -0.39 is 59.8 Å². The van der Waals surface area contributed by atoms with E-state index in [-0.39, 0.29) is 23.1 Å². The molecule has 0 heterocycles.